The number of rotatable bonds is 6. The predicted molar refractivity (Wildman–Crippen MR) is 112 cm³/mol. The van der Waals surface area contributed by atoms with Gasteiger partial charge in [-0.05, 0) is 18.6 Å². The zero-order valence-electron chi connectivity index (χ0n) is 15.5. The molecule has 1 N–H and O–H groups in total. The van der Waals surface area contributed by atoms with Crippen molar-refractivity contribution in [2.45, 2.75) is 34.0 Å². The van der Waals surface area contributed by atoms with Crippen LogP contribution in [0.1, 0.15) is 12.5 Å². The zero-order chi connectivity index (χ0) is 22.1. The van der Waals surface area contributed by atoms with Crippen LogP contribution in [0.25, 0.3) is 0 Å². The third-order valence-electron chi connectivity index (χ3n) is 4.25. The molecule has 0 radical (unpaired) electrons. The third-order valence-corrected chi connectivity index (χ3v) is 5.89. The Morgan fingerprint density at radius 1 is 1.27 bits per heavy atom. The SMILES string of the molecule is CC1C=C(C(=O)OCC(Cl)(Cl)Cl)N2C(=O)C(N(OCc3ccccc3)C(=O)O)[C@@H]2S1. The van der Waals surface area contributed by atoms with Crippen molar-refractivity contribution in [3.05, 3.63) is 47.7 Å². The number of carbonyl (C=O) groups excluding carboxylic acids is 2. The average Bonchev–Trinajstić information content (AvgIpc) is 2.68. The van der Waals surface area contributed by atoms with Gasteiger partial charge in [0.25, 0.3) is 5.91 Å². The van der Waals surface area contributed by atoms with Crippen LogP contribution in [0.2, 0.25) is 0 Å². The van der Waals surface area contributed by atoms with E-state index in [0.29, 0.717) is 5.06 Å². The summed E-state index contributed by atoms with van der Waals surface area (Å²) in [5.74, 6) is -1.44. The molecular weight excluding hydrogens is 479 g/mol. The van der Waals surface area contributed by atoms with Gasteiger partial charge < -0.3 is 9.84 Å². The highest BCUT2D eigenvalue weighted by molar-refractivity contribution is 8.00. The van der Waals surface area contributed by atoms with Crippen LogP contribution >= 0.6 is 46.6 Å². The summed E-state index contributed by atoms with van der Waals surface area (Å²) in [6.45, 7) is 1.28. The minimum atomic E-state index is -1.79. The molecule has 1 saturated heterocycles. The van der Waals surface area contributed by atoms with Gasteiger partial charge >= 0.3 is 12.1 Å². The monoisotopic (exact) mass is 494 g/mol. The Hall–Kier alpha value is -1.65. The number of halogens is 3. The van der Waals surface area contributed by atoms with Crippen LogP contribution in [0.3, 0.4) is 0 Å². The van der Waals surface area contributed by atoms with Crippen LogP contribution in [0.4, 0.5) is 4.79 Å². The van der Waals surface area contributed by atoms with Gasteiger partial charge in [-0.3, -0.25) is 14.5 Å². The van der Waals surface area contributed by atoms with Crippen molar-refractivity contribution in [1.29, 1.82) is 0 Å². The summed E-state index contributed by atoms with van der Waals surface area (Å²) < 4.78 is 3.18. The van der Waals surface area contributed by atoms with E-state index in [2.05, 4.69) is 0 Å². The first-order chi connectivity index (χ1) is 14.1. The van der Waals surface area contributed by atoms with Gasteiger partial charge in [-0.1, -0.05) is 65.1 Å². The fourth-order valence-electron chi connectivity index (χ4n) is 2.98. The maximum Gasteiger partial charge on any atom is 0.432 e. The maximum absolute atomic E-state index is 12.8. The van der Waals surface area contributed by atoms with Crippen molar-refractivity contribution in [1.82, 2.24) is 9.96 Å². The first-order valence-corrected chi connectivity index (χ1v) is 10.8. The molecule has 0 aromatic heterocycles. The number of β-lactam (4-membered cyclic amide) rings is 1. The first-order valence-electron chi connectivity index (χ1n) is 8.71. The Morgan fingerprint density at radius 2 is 1.93 bits per heavy atom. The van der Waals surface area contributed by atoms with E-state index in [9.17, 15) is 19.5 Å². The number of nitrogens with zero attached hydrogens (tertiary/aromatic N) is 2. The number of ether oxygens (including phenoxy) is 1. The summed E-state index contributed by atoms with van der Waals surface area (Å²) >= 11 is 18.1. The maximum atomic E-state index is 12.8. The van der Waals surface area contributed by atoms with Crippen molar-refractivity contribution in [3.8, 4) is 0 Å². The van der Waals surface area contributed by atoms with Crippen LogP contribution in [0.15, 0.2) is 42.1 Å². The largest absolute Gasteiger partial charge is 0.463 e. The van der Waals surface area contributed by atoms with E-state index in [-0.39, 0.29) is 17.6 Å². The number of thioether (sulfide) groups is 1. The predicted octanol–water partition coefficient (Wildman–Crippen LogP) is 3.57. The summed E-state index contributed by atoms with van der Waals surface area (Å²) in [6, 6.07) is 7.84. The number of hydrogen-bond acceptors (Lipinski definition) is 6. The fraction of sp³-hybridized carbons (Fsp3) is 0.389. The third kappa shape index (κ3) is 5.15. The van der Waals surface area contributed by atoms with E-state index >= 15 is 0 Å². The van der Waals surface area contributed by atoms with Crippen molar-refractivity contribution in [2.24, 2.45) is 0 Å². The van der Waals surface area contributed by atoms with E-state index in [1.54, 1.807) is 37.3 Å². The highest BCUT2D eigenvalue weighted by Crippen LogP contribution is 2.43. The number of esters is 1. The molecule has 8 nitrogen and oxygen atoms in total. The van der Waals surface area contributed by atoms with E-state index < -0.39 is 39.8 Å². The van der Waals surface area contributed by atoms with Crippen LogP contribution in [0, 0.1) is 0 Å². The van der Waals surface area contributed by atoms with E-state index in [0.717, 1.165) is 5.56 Å². The average molecular weight is 496 g/mol. The number of hydrogen-bond donors (Lipinski definition) is 1. The molecule has 0 bridgehead atoms. The minimum Gasteiger partial charge on any atom is -0.463 e. The van der Waals surface area contributed by atoms with Gasteiger partial charge in [0.2, 0.25) is 3.79 Å². The smallest absolute Gasteiger partial charge is 0.432 e. The van der Waals surface area contributed by atoms with E-state index in [1.165, 1.54) is 16.7 Å². The molecule has 0 aliphatic carbocycles. The second-order valence-electron chi connectivity index (χ2n) is 6.50. The van der Waals surface area contributed by atoms with Gasteiger partial charge in [0.1, 0.15) is 24.3 Å². The second-order valence-corrected chi connectivity index (χ2v) is 10.5. The Bertz CT molecular complexity index is 863. The Labute approximate surface area is 191 Å². The number of amides is 2. The van der Waals surface area contributed by atoms with Crippen molar-refractivity contribution in [2.75, 3.05) is 6.61 Å². The molecule has 3 rings (SSSR count). The molecule has 162 valence electrons. The lowest BCUT2D eigenvalue weighted by Crippen LogP contribution is -2.71. The highest BCUT2D eigenvalue weighted by Gasteiger charge is 2.58. The second kappa shape index (κ2) is 9.23. The van der Waals surface area contributed by atoms with Crippen molar-refractivity contribution < 1.29 is 29.1 Å². The summed E-state index contributed by atoms with van der Waals surface area (Å²) in [7, 11) is 0. The highest BCUT2D eigenvalue weighted by atomic mass is 35.6. The summed E-state index contributed by atoms with van der Waals surface area (Å²) in [4.78, 5) is 43.5. The normalized spacial score (nSPS) is 23.2. The lowest BCUT2D eigenvalue weighted by Gasteiger charge is -2.51. The fourth-order valence-corrected chi connectivity index (χ4v) is 4.50. The van der Waals surface area contributed by atoms with Gasteiger partial charge in [-0.2, -0.15) is 5.06 Å². The molecule has 0 saturated carbocycles. The molecule has 30 heavy (non-hydrogen) atoms. The number of benzene rings is 1. The van der Waals surface area contributed by atoms with Crippen LogP contribution in [-0.2, 0) is 25.8 Å². The number of alkyl halides is 3. The molecule has 1 aromatic rings. The summed E-state index contributed by atoms with van der Waals surface area (Å²) in [5, 5.41) is 9.37. The van der Waals surface area contributed by atoms with Gasteiger partial charge in [0.05, 0.1) is 0 Å². The minimum absolute atomic E-state index is 0.0184. The molecule has 12 heteroatoms. The van der Waals surface area contributed by atoms with Gasteiger partial charge in [0.15, 0.2) is 6.04 Å². The molecule has 2 unspecified atom stereocenters. The molecule has 1 fully saturated rings. The standard InChI is InChI=1S/C18H17Cl3N2O6S/c1-10-7-12(16(25)28-9-18(19,20)21)22-14(24)13(15(22)30-10)23(17(26)27)29-8-11-5-3-2-4-6-11/h2-7,10,13,15H,8-9H2,1H3,(H,26,27)/t10?,13?,15-/m0/s1. The quantitative estimate of drug-likeness (QED) is 0.279. The Kier molecular flexibility index (Phi) is 7.09. The summed E-state index contributed by atoms with van der Waals surface area (Å²) in [5.41, 5.74) is 0.725. The van der Waals surface area contributed by atoms with Gasteiger partial charge in [-0.15, -0.1) is 11.8 Å². The summed E-state index contributed by atoms with van der Waals surface area (Å²) in [6.07, 6.45) is 0.137. The van der Waals surface area contributed by atoms with Gasteiger partial charge in [0, 0.05) is 5.25 Å². The van der Waals surface area contributed by atoms with Crippen LogP contribution in [-0.4, -0.2) is 60.1 Å². The lowest BCUT2D eigenvalue weighted by molar-refractivity contribution is -0.202. The van der Waals surface area contributed by atoms with Crippen LogP contribution in [0.5, 0.6) is 0 Å². The van der Waals surface area contributed by atoms with E-state index in [4.69, 9.17) is 44.4 Å². The number of carboxylic acid groups (broad SMARTS) is 1. The molecule has 0 spiro atoms. The molecule has 2 heterocycles. The number of carbonyl (C=O) groups is 3. The molecule has 2 amide bonds. The Balaban J connectivity index is 1.73. The van der Waals surface area contributed by atoms with Crippen LogP contribution < -0.4 is 0 Å². The molecular formula is C18H17Cl3N2O6S. The number of hydroxylamine groups is 2. The lowest BCUT2D eigenvalue weighted by atomic mass is 10.0. The van der Waals surface area contributed by atoms with E-state index in [1.807, 2.05) is 6.07 Å². The van der Waals surface area contributed by atoms with Crippen molar-refractivity contribution >= 4 is 64.5 Å². The topological polar surface area (TPSA) is 96.4 Å². The van der Waals surface area contributed by atoms with Gasteiger partial charge in [-0.25, -0.2) is 9.59 Å². The zero-order valence-corrected chi connectivity index (χ0v) is 18.6. The van der Waals surface area contributed by atoms with Crippen molar-refractivity contribution in [3.63, 3.8) is 0 Å². The first kappa shape index (κ1) is 23.0. The molecule has 3 atom stereocenters. The molecule has 2 aliphatic heterocycles. The number of fused-ring (bicyclic) bond motifs is 1. The molecule has 1 aromatic carbocycles. The molecule has 2 aliphatic rings. The Morgan fingerprint density at radius 3 is 2.53 bits per heavy atom.